The molecular weight excluding hydrogens is 346 g/mol. The molecule has 1 aliphatic heterocycles. The minimum absolute atomic E-state index is 0.569. The Morgan fingerprint density at radius 3 is 2.21 bits per heavy atom. The maximum Gasteiger partial charge on any atom is 0.193 e. The van der Waals surface area contributed by atoms with Gasteiger partial charge in [-0.3, -0.25) is 4.99 Å². The lowest BCUT2D eigenvalue weighted by Crippen LogP contribution is -2.47. The Balaban J connectivity index is 1.85. The summed E-state index contributed by atoms with van der Waals surface area (Å²) < 4.78 is 0. The third kappa shape index (κ3) is 7.44. The summed E-state index contributed by atoms with van der Waals surface area (Å²) in [7, 11) is 2.13. The average Bonchev–Trinajstić information content (AvgIpc) is 2.72. The van der Waals surface area contributed by atoms with Crippen molar-refractivity contribution < 1.29 is 0 Å². The van der Waals surface area contributed by atoms with E-state index in [-0.39, 0.29) is 0 Å². The van der Waals surface area contributed by atoms with Gasteiger partial charge in [-0.15, -0.1) is 0 Å². The molecule has 0 aromatic heterocycles. The standard InChI is InChI=1S/C23H41N5/c1-6-21-9-11-22(12-10-21)19-26(5)23(24-7-2)25-17-20(4)18-28-15-13-27(8-3)14-16-28/h9-12,20H,6-8,13-19H2,1-5H3,(H,24,25). The molecule has 1 N–H and O–H groups in total. The van der Waals surface area contributed by atoms with Gasteiger partial charge in [0.15, 0.2) is 5.96 Å². The highest BCUT2D eigenvalue weighted by Gasteiger charge is 2.17. The van der Waals surface area contributed by atoms with Gasteiger partial charge in [0.1, 0.15) is 0 Å². The molecule has 1 atom stereocenters. The summed E-state index contributed by atoms with van der Waals surface area (Å²) in [5, 5.41) is 3.45. The van der Waals surface area contributed by atoms with Gasteiger partial charge in [0, 0.05) is 59.4 Å². The van der Waals surface area contributed by atoms with E-state index in [1.165, 1.54) is 43.9 Å². The van der Waals surface area contributed by atoms with Crippen molar-refractivity contribution in [1.82, 2.24) is 20.0 Å². The van der Waals surface area contributed by atoms with Crippen molar-refractivity contribution in [2.24, 2.45) is 10.9 Å². The zero-order chi connectivity index (χ0) is 20.4. The highest BCUT2D eigenvalue weighted by Crippen LogP contribution is 2.09. The van der Waals surface area contributed by atoms with Crippen LogP contribution in [0, 0.1) is 5.92 Å². The zero-order valence-electron chi connectivity index (χ0n) is 18.7. The molecule has 0 bridgehead atoms. The highest BCUT2D eigenvalue weighted by atomic mass is 15.3. The third-order valence-electron chi connectivity index (χ3n) is 5.58. The number of nitrogens with one attached hydrogen (secondary N) is 1. The number of nitrogens with zero attached hydrogens (tertiary/aromatic N) is 4. The van der Waals surface area contributed by atoms with Gasteiger partial charge in [0.2, 0.25) is 0 Å². The lowest BCUT2D eigenvalue weighted by molar-refractivity contribution is 0.125. The Kier molecular flexibility index (Phi) is 9.79. The molecule has 0 amide bonds. The summed E-state index contributed by atoms with van der Waals surface area (Å²) in [5.74, 6) is 1.57. The van der Waals surface area contributed by atoms with Gasteiger partial charge in [-0.2, -0.15) is 0 Å². The zero-order valence-corrected chi connectivity index (χ0v) is 18.7. The summed E-state index contributed by atoms with van der Waals surface area (Å²) in [6.45, 7) is 18.7. The summed E-state index contributed by atoms with van der Waals surface area (Å²) in [6, 6.07) is 8.93. The Bertz CT molecular complexity index is 575. The smallest absolute Gasteiger partial charge is 0.193 e. The minimum atomic E-state index is 0.569. The number of likely N-dealkylation sites (N-methyl/N-ethyl adjacent to an activating group) is 1. The second kappa shape index (κ2) is 12.1. The summed E-state index contributed by atoms with van der Waals surface area (Å²) >= 11 is 0. The van der Waals surface area contributed by atoms with Crippen LogP contribution in [-0.4, -0.2) is 80.1 Å². The Morgan fingerprint density at radius 1 is 1.04 bits per heavy atom. The van der Waals surface area contributed by atoms with E-state index in [1.54, 1.807) is 0 Å². The van der Waals surface area contributed by atoms with Crippen LogP contribution in [0.4, 0.5) is 0 Å². The van der Waals surface area contributed by atoms with E-state index in [1.807, 2.05) is 0 Å². The number of hydrogen-bond acceptors (Lipinski definition) is 3. The van der Waals surface area contributed by atoms with E-state index in [4.69, 9.17) is 4.99 Å². The van der Waals surface area contributed by atoms with Gasteiger partial charge in [-0.1, -0.05) is 45.0 Å². The van der Waals surface area contributed by atoms with Gasteiger partial charge in [-0.25, -0.2) is 0 Å². The largest absolute Gasteiger partial charge is 0.357 e. The van der Waals surface area contributed by atoms with Crippen LogP contribution in [0.1, 0.15) is 38.8 Å². The fourth-order valence-corrected chi connectivity index (χ4v) is 3.73. The first-order valence-electron chi connectivity index (χ1n) is 11.1. The van der Waals surface area contributed by atoms with Crippen molar-refractivity contribution in [2.45, 2.75) is 40.7 Å². The van der Waals surface area contributed by atoms with Crippen LogP contribution in [-0.2, 0) is 13.0 Å². The SMILES string of the molecule is CCNC(=NCC(C)CN1CCN(CC)CC1)N(C)Cc1ccc(CC)cc1. The summed E-state index contributed by atoms with van der Waals surface area (Å²) in [6.07, 6.45) is 1.09. The maximum absolute atomic E-state index is 4.93. The van der Waals surface area contributed by atoms with Crippen LogP contribution in [0.5, 0.6) is 0 Å². The number of guanidine groups is 1. The lowest BCUT2D eigenvalue weighted by Gasteiger charge is -2.35. The molecule has 1 saturated heterocycles. The second-order valence-electron chi connectivity index (χ2n) is 8.06. The maximum atomic E-state index is 4.93. The van der Waals surface area contributed by atoms with E-state index < -0.39 is 0 Å². The van der Waals surface area contributed by atoms with Crippen molar-refractivity contribution in [3.8, 4) is 0 Å². The van der Waals surface area contributed by atoms with E-state index in [0.29, 0.717) is 5.92 Å². The molecule has 1 heterocycles. The monoisotopic (exact) mass is 387 g/mol. The molecule has 158 valence electrons. The Labute approximate surface area is 172 Å². The molecule has 1 aliphatic rings. The molecule has 1 aromatic rings. The minimum Gasteiger partial charge on any atom is -0.357 e. The van der Waals surface area contributed by atoms with Crippen LogP contribution in [0.25, 0.3) is 0 Å². The quantitative estimate of drug-likeness (QED) is 0.522. The molecule has 0 radical (unpaired) electrons. The first-order valence-corrected chi connectivity index (χ1v) is 11.1. The predicted molar refractivity (Wildman–Crippen MR) is 121 cm³/mol. The van der Waals surface area contributed by atoms with Crippen LogP contribution < -0.4 is 5.32 Å². The van der Waals surface area contributed by atoms with E-state index in [2.05, 4.69) is 79.0 Å². The van der Waals surface area contributed by atoms with Crippen LogP contribution in [0.3, 0.4) is 0 Å². The van der Waals surface area contributed by atoms with Crippen LogP contribution >= 0.6 is 0 Å². The topological polar surface area (TPSA) is 34.1 Å². The molecule has 5 nitrogen and oxygen atoms in total. The van der Waals surface area contributed by atoms with Crippen LogP contribution in [0.15, 0.2) is 29.3 Å². The highest BCUT2D eigenvalue weighted by molar-refractivity contribution is 5.79. The normalized spacial score (nSPS) is 17.5. The molecule has 0 spiro atoms. The summed E-state index contributed by atoms with van der Waals surface area (Å²) in [5.41, 5.74) is 2.72. The lowest BCUT2D eigenvalue weighted by atomic mass is 10.1. The molecular formula is C23H41N5. The van der Waals surface area contributed by atoms with Gasteiger partial charge in [-0.05, 0) is 36.9 Å². The molecule has 0 saturated carbocycles. The molecule has 1 aromatic carbocycles. The predicted octanol–water partition coefficient (Wildman–Crippen LogP) is 2.92. The molecule has 1 unspecified atom stereocenters. The first-order chi connectivity index (χ1) is 13.5. The van der Waals surface area contributed by atoms with Crippen molar-refractivity contribution in [2.75, 3.05) is 59.4 Å². The van der Waals surface area contributed by atoms with E-state index in [0.717, 1.165) is 38.6 Å². The van der Waals surface area contributed by atoms with Crippen molar-refractivity contribution in [3.63, 3.8) is 0 Å². The molecule has 2 rings (SSSR count). The van der Waals surface area contributed by atoms with E-state index >= 15 is 0 Å². The van der Waals surface area contributed by atoms with Gasteiger partial charge < -0.3 is 20.0 Å². The average molecular weight is 388 g/mol. The summed E-state index contributed by atoms with van der Waals surface area (Å²) in [4.78, 5) is 12.3. The first kappa shape index (κ1) is 22.7. The number of piperazine rings is 1. The molecule has 5 heteroatoms. The van der Waals surface area contributed by atoms with Gasteiger partial charge in [0.25, 0.3) is 0 Å². The number of aryl methyl sites for hydroxylation is 1. The number of benzene rings is 1. The second-order valence-corrected chi connectivity index (χ2v) is 8.06. The van der Waals surface area contributed by atoms with Crippen molar-refractivity contribution in [1.29, 1.82) is 0 Å². The fourth-order valence-electron chi connectivity index (χ4n) is 3.73. The fraction of sp³-hybridized carbons (Fsp3) is 0.696. The Hall–Kier alpha value is -1.59. The van der Waals surface area contributed by atoms with Crippen molar-refractivity contribution in [3.05, 3.63) is 35.4 Å². The van der Waals surface area contributed by atoms with Crippen molar-refractivity contribution >= 4 is 5.96 Å². The Morgan fingerprint density at radius 2 is 1.64 bits per heavy atom. The molecule has 28 heavy (non-hydrogen) atoms. The molecule has 0 aliphatic carbocycles. The van der Waals surface area contributed by atoms with Crippen LogP contribution in [0.2, 0.25) is 0 Å². The van der Waals surface area contributed by atoms with E-state index in [9.17, 15) is 0 Å². The number of rotatable bonds is 9. The van der Waals surface area contributed by atoms with Gasteiger partial charge in [0.05, 0.1) is 0 Å². The number of hydrogen-bond donors (Lipinski definition) is 1. The number of aliphatic imine (C=N–C) groups is 1. The van der Waals surface area contributed by atoms with Gasteiger partial charge >= 0.3 is 0 Å². The third-order valence-corrected chi connectivity index (χ3v) is 5.58. The molecule has 1 fully saturated rings.